The number of aromatic nitrogens is 1. The summed E-state index contributed by atoms with van der Waals surface area (Å²) in [5.74, 6) is -1.18. The molecule has 0 unspecified atom stereocenters. The van der Waals surface area contributed by atoms with Gasteiger partial charge in [-0.1, -0.05) is 12.1 Å². The van der Waals surface area contributed by atoms with Gasteiger partial charge in [0.2, 0.25) is 0 Å². The number of carboxylic acid groups (broad SMARTS) is 1. The Balaban J connectivity index is 2.30. The standard InChI is InChI=1S/C13H9NO3/c15-12(11-2-1-7-14-8-11)9-3-5-10(6-4-9)13(16)17/h1-8H,(H,16,17). The molecule has 0 aliphatic heterocycles. The van der Waals surface area contributed by atoms with Crippen molar-refractivity contribution >= 4 is 11.8 Å². The molecule has 0 spiro atoms. The number of ketones is 1. The molecule has 1 N–H and O–H groups in total. The number of carbonyl (C=O) groups is 2. The van der Waals surface area contributed by atoms with Gasteiger partial charge in [-0.3, -0.25) is 9.78 Å². The van der Waals surface area contributed by atoms with Crippen molar-refractivity contribution < 1.29 is 14.7 Å². The van der Waals surface area contributed by atoms with Gasteiger partial charge in [-0.25, -0.2) is 4.79 Å². The van der Waals surface area contributed by atoms with Crippen LogP contribution in [0.25, 0.3) is 0 Å². The van der Waals surface area contributed by atoms with E-state index >= 15 is 0 Å². The minimum absolute atomic E-state index is 0.160. The topological polar surface area (TPSA) is 67.3 Å². The number of hydrogen-bond acceptors (Lipinski definition) is 3. The van der Waals surface area contributed by atoms with Crippen LogP contribution in [0.15, 0.2) is 48.8 Å². The van der Waals surface area contributed by atoms with Gasteiger partial charge in [-0.05, 0) is 24.3 Å². The van der Waals surface area contributed by atoms with Gasteiger partial charge in [-0.2, -0.15) is 0 Å². The fourth-order valence-corrected chi connectivity index (χ4v) is 1.43. The monoisotopic (exact) mass is 227 g/mol. The zero-order chi connectivity index (χ0) is 12.3. The Morgan fingerprint density at radius 3 is 2.12 bits per heavy atom. The summed E-state index contributed by atoms with van der Waals surface area (Å²) in [6, 6.07) is 9.16. The van der Waals surface area contributed by atoms with E-state index in [1.54, 1.807) is 18.3 Å². The van der Waals surface area contributed by atoms with Crippen molar-refractivity contribution in [3.63, 3.8) is 0 Å². The molecule has 1 aromatic carbocycles. The van der Waals surface area contributed by atoms with Crippen molar-refractivity contribution in [1.29, 1.82) is 0 Å². The Bertz CT molecular complexity index is 547. The normalized spacial score (nSPS) is 9.88. The third-order valence-corrected chi connectivity index (χ3v) is 2.32. The average molecular weight is 227 g/mol. The maximum atomic E-state index is 11.9. The van der Waals surface area contributed by atoms with Crippen LogP contribution in [-0.4, -0.2) is 21.8 Å². The lowest BCUT2D eigenvalue weighted by Crippen LogP contribution is -2.03. The van der Waals surface area contributed by atoms with Crippen molar-refractivity contribution in [2.75, 3.05) is 0 Å². The average Bonchev–Trinajstić information content (AvgIpc) is 2.39. The minimum Gasteiger partial charge on any atom is -0.478 e. The summed E-state index contributed by atoms with van der Waals surface area (Å²) < 4.78 is 0. The third kappa shape index (κ3) is 2.36. The van der Waals surface area contributed by atoms with E-state index in [9.17, 15) is 9.59 Å². The highest BCUT2D eigenvalue weighted by molar-refractivity contribution is 6.09. The molecule has 4 heteroatoms. The van der Waals surface area contributed by atoms with Gasteiger partial charge in [0.1, 0.15) is 0 Å². The molecule has 0 saturated carbocycles. The summed E-state index contributed by atoms with van der Waals surface area (Å²) in [5.41, 5.74) is 1.09. The van der Waals surface area contributed by atoms with E-state index in [0.29, 0.717) is 11.1 Å². The predicted octanol–water partition coefficient (Wildman–Crippen LogP) is 2.01. The molecular weight excluding hydrogens is 218 g/mol. The molecular formula is C13H9NO3. The van der Waals surface area contributed by atoms with Crippen molar-refractivity contribution in [2.24, 2.45) is 0 Å². The number of pyridine rings is 1. The summed E-state index contributed by atoms with van der Waals surface area (Å²) >= 11 is 0. The van der Waals surface area contributed by atoms with Crippen LogP contribution in [0.2, 0.25) is 0 Å². The second-order valence-electron chi connectivity index (χ2n) is 3.45. The second-order valence-corrected chi connectivity index (χ2v) is 3.45. The summed E-state index contributed by atoms with van der Waals surface area (Å²) in [7, 11) is 0. The zero-order valence-corrected chi connectivity index (χ0v) is 8.83. The zero-order valence-electron chi connectivity index (χ0n) is 8.83. The molecule has 0 aliphatic carbocycles. The van der Waals surface area contributed by atoms with Crippen LogP contribution in [-0.2, 0) is 0 Å². The minimum atomic E-state index is -1.01. The van der Waals surface area contributed by atoms with Crippen LogP contribution in [0.5, 0.6) is 0 Å². The van der Waals surface area contributed by atoms with Gasteiger partial charge < -0.3 is 5.11 Å². The summed E-state index contributed by atoms with van der Waals surface area (Å²) in [4.78, 5) is 26.5. The molecule has 84 valence electrons. The molecule has 0 fully saturated rings. The molecule has 17 heavy (non-hydrogen) atoms. The molecule has 4 nitrogen and oxygen atoms in total. The van der Waals surface area contributed by atoms with Gasteiger partial charge in [0.15, 0.2) is 5.78 Å². The molecule has 2 rings (SSSR count). The first-order chi connectivity index (χ1) is 8.18. The Labute approximate surface area is 97.6 Å². The second kappa shape index (κ2) is 4.57. The van der Waals surface area contributed by atoms with Crippen LogP contribution in [0.3, 0.4) is 0 Å². The van der Waals surface area contributed by atoms with Gasteiger partial charge >= 0.3 is 5.97 Å². The van der Waals surface area contributed by atoms with E-state index in [1.165, 1.54) is 30.5 Å². The van der Waals surface area contributed by atoms with Gasteiger partial charge in [-0.15, -0.1) is 0 Å². The number of benzene rings is 1. The Morgan fingerprint density at radius 2 is 1.59 bits per heavy atom. The SMILES string of the molecule is O=C(O)c1ccc(C(=O)c2cccnc2)cc1. The largest absolute Gasteiger partial charge is 0.478 e. The third-order valence-electron chi connectivity index (χ3n) is 2.32. The van der Waals surface area contributed by atoms with Crippen LogP contribution in [0, 0.1) is 0 Å². The number of carbonyl (C=O) groups excluding carboxylic acids is 1. The van der Waals surface area contributed by atoms with Gasteiger partial charge in [0.05, 0.1) is 5.56 Å². The summed E-state index contributed by atoms with van der Waals surface area (Å²) in [6.07, 6.45) is 3.07. The van der Waals surface area contributed by atoms with E-state index in [4.69, 9.17) is 5.11 Å². The fraction of sp³-hybridized carbons (Fsp3) is 0. The van der Waals surface area contributed by atoms with Crippen molar-refractivity contribution in [3.05, 3.63) is 65.5 Å². The molecule has 0 atom stereocenters. The molecule has 1 aromatic heterocycles. The smallest absolute Gasteiger partial charge is 0.335 e. The highest BCUT2D eigenvalue weighted by Gasteiger charge is 2.09. The molecule has 0 aliphatic rings. The number of rotatable bonds is 3. The summed E-state index contributed by atoms with van der Waals surface area (Å²) in [6.45, 7) is 0. The molecule has 0 amide bonds. The number of nitrogens with zero attached hydrogens (tertiary/aromatic N) is 1. The molecule has 0 saturated heterocycles. The first-order valence-corrected chi connectivity index (χ1v) is 4.96. The van der Waals surface area contributed by atoms with Crippen LogP contribution in [0.4, 0.5) is 0 Å². The van der Waals surface area contributed by atoms with Gasteiger partial charge in [0, 0.05) is 23.5 Å². The van der Waals surface area contributed by atoms with E-state index in [2.05, 4.69) is 4.98 Å². The molecule has 0 bridgehead atoms. The fourth-order valence-electron chi connectivity index (χ4n) is 1.43. The Morgan fingerprint density at radius 1 is 0.941 bits per heavy atom. The molecule has 1 heterocycles. The first-order valence-electron chi connectivity index (χ1n) is 4.96. The predicted molar refractivity (Wildman–Crippen MR) is 61.1 cm³/mol. The maximum Gasteiger partial charge on any atom is 0.335 e. The van der Waals surface area contributed by atoms with Crippen molar-refractivity contribution in [2.45, 2.75) is 0 Å². The molecule has 0 radical (unpaired) electrons. The maximum absolute atomic E-state index is 11.9. The Kier molecular flexibility index (Phi) is 2.96. The lowest BCUT2D eigenvalue weighted by atomic mass is 10.0. The van der Waals surface area contributed by atoms with Crippen molar-refractivity contribution in [1.82, 2.24) is 4.98 Å². The van der Waals surface area contributed by atoms with E-state index in [0.717, 1.165) is 0 Å². The van der Waals surface area contributed by atoms with Crippen LogP contribution >= 0.6 is 0 Å². The molecule has 2 aromatic rings. The number of aromatic carboxylic acids is 1. The lowest BCUT2D eigenvalue weighted by Gasteiger charge is -2.01. The van der Waals surface area contributed by atoms with Crippen molar-refractivity contribution in [3.8, 4) is 0 Å². The van der Waals surface area contributed by atoms with E-state index < -0.39 is 5.97 Å². The highest BCUT2D eigenvalue weighted by atomic mass is 16.4. The quantitative estimate of drug-likeness (QED) is 0.814. The number of carboxylic acids is 1. The summed E-state index contributed by atoms with van der Waals surface area (Å²) in [5, 5.41) is 8.74. The van der Waals surface area contributed by atoms with E-state index in [-0.39, 0.29) is 11.3 Å². The van der Waals surface area contributed by atoms with Crippen LogP contribution in [0.1, 0.15) is 26.3 Å². The number of hydrogen-bond donors (Lipinski definition) is 1. The van der Waals surface area contributed by atoms with E-state index in [1.807, 2.05) is 0 Å². The van der Waals surface area contributed by atoms with Gasteiger partial charge in [0.25, 0.3) is 0 Å². The van der Waals surface area contributed by atoms with Crippen LogP contribution < -0.4 is 0 Å². The Hall–Kier alpha value is -2.49. The lowest BCUT2D eigenvalue weighted by molar-refractivity contribution is 0.0696. The first kappa shape index (κ1) is 11.0. The highest BCUT2D eigenvalue weighted by Crippen LogP contribution is 2.10.